The first kappa shape index (κ1) is 20.5. The number of hydrogen-bond donors (Lipinski definition) is 1. The molecule has 1 N–H and O–H groups in total. The maximum Gasteiger partial charge on any atom is 0.174 e. The summed E-state index contributed by atoms with van der Waals surface area (Å²) < 4.78 is 24.0. The van der Waals surface area contributed by atoms with Crippen molar-refractivity contribution in [2.75, 3.05) is 19.5 Å². The molecule has 0 aliphatic heterocycles. The first-order chi connectivity index (χ1) is 14.1. The number of ether oxygens (including phenoxy) is 2. The van der Waals surface area contributed by atoms with Gasteiger partial charge in [-0.1, -0.05) is 18.2 Å². The van der Waals surface area contributed by atoms with Crippen LogP contribution in [0.1, 0.15) is 11.1 Å². The van der Waals surface area contributed by atoms with Gasteiger partial charge >= 0.3 is 0 Å². The maximum atomic E-state index is 13.3. The minimum absolute atomic E-state index is 0.267. The van der Waals surface area contributed by atoms with Crippen molar-refractivity contribution < 1.29 is 13.9 Å². The van der Waals surface area contributed by atoms with Gasteiger partial charge < -0.3 is 19.7 Å². The molecule has 0 aliphatic rings. The topological polar surface area (TPSA) is 46.6 Å². The third kappa shape index (κ3) is 5.65. The van der Waals surface area contributed by atoms with E-state index in [0.717, 1.165) is 16.8 Å². The minimum atomic E-state index is -0.267. The molecule has 1 aromatic heterocycles. The molecule has 29 heavy (non-hydrogen) atoms. The van der Waals surface area contributed by atoms with Crippen molar-refractivity contribution >= 4 is 23.0 Å². The molecule has 5 nitrogen and oxygen atoms in total. The second-order valence-corrected chi connectivity index (χ2v) is 6.73. The summed E-state index contributed by atoms with van der Waals surface area (Å²) in [5.74, 6) is 1.04. The highest BCUT2D eigenvalue weighted by atomic mass is 32.1. The van der Waals surface area contributed by atoms with E-state index in [-0.39, 0.29) is 5.82 Å². The maximum absolute atomic E-state index is 13.3. The molecule has 0 fully saturated rings. The van der Waals surface area contributed by atoms with E-state index in [0.29, 0.717) is 29.7 Å². The molecule has 3 aromatic rings. The summed E-state index contributed by atoms with van der Waals surface area (Å²) >= 11 is 5.68. The van der Waals surface area contributed by atoms with Gasteiger partial charge in [0.1, 0.15) is 17.3 Å². The molecule has 0 unspecified atom stereocenters. The van der Waals surface area contributed by atoms with E-state index >= 15 is 0 Å². The molecule has 7 heteroatoms. The minimum Gasteiger partial charge on any atom is -0.497 e. The fourth-order valence-corrected chi connectivity index (χ4v) is 3.06. The second-order valence-electron chi connectivity index (χ2n) is 6.34. The Morgan fingerprint density at radius 1 is 1.03 bits per heavy atom. The van der Waals surface area contributed by atoms with Gasteiger partial charge in [-0.3, -0.25) is 4.98 Å². The molecule has 0 amide bonds. The number of aromatic nitrogens is 1. The molecule has 0 atom stereocenters. The van der Waals surface area contributed by atoms with Gasteiger partial charge in [0.25, 0.3) is 0 Å². The van der Waals surface area contributed by atoms with Crippen molar-refractivity contribution in [3.8, 4) is 11.5 Å². The van der Waals surface area contributed by atoms with E-state index in [4.69, 9.17) is 21.7 Å². The lowest BCUT2D eigenvalue weighted by Crippen LogP contribution is -2.34. The molecular formula is C22H22FN3O2S. The second kappa shape index (κ2) is 9.84. The lowest BCUT2D eigenvalue weighted by Gasteiger charge is -2.26. The lowest BCUT2D eigenvalue weighted by molar-refractivity contribution is 0.394. The molecule has 3 rings (SSSR count). The van der Waals surface area contributed by atoms with Gasteiger partial charge in [-0.25, -0.2) is 4.39 Å². The summed E-state index contributed by atoms with van der Waals surface area (Å²) in [4.78, 5) is 6.16. The predicted molar refractivity (Wildman–Crippen MR) is 116 cm³/mol. The molecule has 150 valence electrons. The third-order valence-corrected chi connectivity index (χ3v) is 4.68. The van der Waals surface area contributed by atoms with Crippen molar-refractivity contribution in [3.05, 3.63) is 83.9 Å². The average molecular weight is 412 g/mol. The monoisotopic (exact) mass is 411 g/mol. The summed E-state index contributed by atoms with van der Waals surface area (Å²) in [6.07, 6.45) is 3.53. The fraction of sp³-hybridized carbons (Fsp3) is 0.182. The molecule has 2 aromatic carbocycles. The number of hydrogen-bond acceptors (Lipinski definition) is 4. The van der Waals surface area contributed by atoms with Crippen molar-refractivity contribution in [3.63, 3.8) is 0 Å². The van der Waals surface area contributed by atoms with Crippen LogP contribution in [-0.2, 0) is 13.1 Å². The molecule has 0 bridgehead atoms. The van der Waals surface area contributed by atoms with E-state index in [1.165, 1.54) is 12.1 Å². The summed E-state index contributed by atoms with van der Waals surface area (Å²) in [5, 5.41) is 3.76. The number of nitrogens with zero attached hydrogens (tertiary/aromatic N) is 2. The smallest absolute Gasteiger partial charge is 0.174 e. The van der Waals surface area contributed by atoms with Gasteiger partial charge in [0, 0.05) is 31.5 Å². The summed E-state index contributed by atoms with van der Waals surface area (Å²) in [6, 6.07) is 15.7. The predicted octanol–water partition coefficient (Wildman–Crippen LogP) is 4.64. The van der Waals surface area contributed by atoms with Gasteiger partial charge in [0.05, 0.1) is 19.9 Å². The van der Waals surface area contributed by atoms with Crippen LogP contribution in [0.25, 0.3) is 0 Å². The first-order valence-electron chi connectivity index (χ1n) is 9.00. The van der Waals surface area contributed by atoms with Gasteiger partial charge in [-0.15, -0.1) is 0 Å². The first-order valence-corrected chi connectivity index (χ1v) is 9.41. The van der Waals surface area contributed by atoms with Crippen LogP contribution in [0.2, 0.25) is 0 Å². The number of thiocarbonyl (C=S) groups is 1. The van der Waals surface area contributed by atoms with Gasteiger partial charge in [0.15, 0.2) is 5.11 Å². The highest BCUT2D eigenvalue weighted by Gasteiger charge is 2.14. The van der Waals surface area contributed by atoms with Crippen LogP contribution in [-0.4, -0.2) is 29.2 Å². The van der Waals surface area contributed by atoms with E-state index in [2.05, 4.69) is 10.3 Å². The van der Waals surface area contributed by atoms with Crippen LogP contribution in [0, 0.1) is 5.82 Å². The SMILES string of the molecule is COc1ccc(NC(=S)N(Cc2ccc(F)cc2)Cc2cccnc2)c(OC)c1. The van der Waals surface area contributed by atoms with E-state index in [1.54, 1.807) is 44.8 Å². The zero-order chi connectivity index (χ0) is 20.6. The number of nitrogens with one attached hydrogen (secondary N) is 1. The number of pyridine rings is 1. The summed E-state index contributed by atoms with van der Waals surface area (Å²) in [5.41, 5.74) is 2.69. The Morgan fingerprint density at radius 2 is 1.79 bits per heavy atom. The van der Waals surface area contributed by atoms with Crippen molar-refractivity contribution in [1.29, 1.82) is 0 Å². The zero-order valence-corrected chi connectivity index (χ0v) is 17.1. The van der Waals surface area contributed by atoms with Crippen LogP contribution >= 0.6 is 12.2 Å². The van der Waals surface area contributed by atoms with Gasteiger partial charge in [-0.2, -0.15) is 0 Å². The standard InChI is InChI=1S/C22H22FN3O2S/c1-27-19-9-10-20(21(12-19)28-2)25-22(29)26(15-17-4-3-11-24-13-17)14-16-5-7-18(23)8-6-16/h3-13H,14-15H2,1-2H3,(H,25,29). The number of rotatable bonds is 7. The van der Waals surface area contributed by atoms with Crippen LogP contribution < -0.4 is 14.8 Å². The molecule has 0 aliphatic carbocycles. The Bertz CT molecular complexity index is 952. The Hall–Kier alpha value is -3.19. The number of benzene rings is 2. The molecule has 1 heterocycles. The van der Waals surface area contributed by atoms with E-state index in [9.17, 15) is 4.39 Å². The lowest BCUT2D eigenvalue weighted by atomic mass is 10.2. The van der Waals surface area contributed by atoms with E-state index < -0.39 is 0 Å². The highest BCUT2D eigenvalue weighted by molar-refractivity contribution is 7.80. The molecule has 0 saturated heterocycles. The summed E-state index contributed by atoms with van der Waals surface area (Å²) in [7, 11) is 3.19. The average Bonchev–Trinajstić information content (AvgIpc) is 2.75. The largest absolute Gasteiger partial charge is 0.497 e. The van der Waals surface area contributed by atoms with Crippen LogP contribution in [0.4, 0.5) is 10.1 Å². The summed E-state index contributed by atoms with van der Waals surface area (Å²) in [6.45, 7) is 1.06. The Balaban J connectivity index is 1.82. The van der Waals surface area contributed by atoms with Gasteiger partial charge in [-0.05, 0) is 53.7 Å². The Morgan fingerprint density at radius 3 is 2.45 bits per heavy atom. The van der Waals surface area contributed by atoms with Crippen molar-refractivity contribution in [2.45, 2.75) is 13.1 Å². The highest BCUT2D eigenvalue weighted by Crippen LogP contribution is 2.29. The Labute approximate surface area is 175 Å². The molecular weight excluding hydrogens is 389 g/mol. The third-order valence-electron chi connectivity index (χ3n) is 4.32. The Kier molecular flexibility index (Phi) is 6.97. The van der Waals surface area contributed by atoms with Gasteiger partial charge in [0.2, 0.25) is 0 Å². The number of methoxy groups -OCH3 is 2. The van der Waals surface area contributed by atoms with Crippen LogP contribution in [0.15, 0.2) is 67.0 Å². The number of anilines is 1. The van der Waals surface area contributed by atoms with E-state index in [1.807, 2.05) is 29.2 Å². The molecule has 0 radical (unpaired) electrons. The van der Waals surface area contributed by atoms with Crippen LogP contribution in [0.3, 0.4) is 0 Å². The number of halogens is 1. The fourth-order valence-electron chi connectivity index (χ4n) is 2.82. The quantitative estimate of drug-likeness (QED) is 0.572. The van der Waals surface area contributed by atoms with Crippen molar-refractivity contribution in [1.82, 2.24) is 9.88 Å². The molecule has 0 saturated carbocycles. The zero-order valence-electron chi connectivity index (χ0n) is 16.3. The molecule has 0 spiro atoms. The van der Waals surface area contributed by atoms with Crippen molar-refractivity contribution in [2.24, 2.45) is 0 Å². The van der Waals surface area contributed by atoms with Crippen LogP contribution in [0.5, 0.6) is 11.5 Å². The normalized spacial score (nSPS) is 10.3.